The molecule has 0 unspecified atom stereocenters. The molecule has 0 amide bonds. The first-order valence-electron chi connectivity index (χ1n) is 6.37. The molecule has 1 aromatic heterocycles. The second kappa shape index (κ2) is 6.89. The van der Waals surface area contributed by atoms with Crippen LogP contribution >= 0.6 is 15.9 Å². The van der Waals surface area contributed by atoms with E-state index in [0.29, 0.717) is 6.42 Å². The molecule has 1 heterocycles. The molecule has 2 rings (SSSR count). The van der Waals surface area contributed by atoms with E-state index >= 15 is 0 Å². The molecular formula is C15H18BrNO2. The molecule has 102 valence electrons. The van der Waals surface area contributed by atoms with Crippen molar-refractivity contribution in [3.05, 3.63) is 58.5 Å². The molecule has 0 spiro atoms. The zero-order chi connectivity index (χ0) is 13.7. The number of aliphatic hydroxyl groups excluding tert-OH is 1. The molecule has 0 aliphatic heterocycles. The van der Waals surface area contributed by atoms with Crippen LogP contribution in [0.25, 0.3) is 0 Å². The van der Waals surface area contributed by atoms with Gasteiger partial charge in [-0.2, -0.15) is 0 Å². The number of benzene rings is 1. The number of halogens is 1. The molecule has 19 heavy (non-hydrogen) atoms. The van der Waals surface area contributed by atoms with Gasteiger partial charge < -0.3 is 14.8 Å². The predicted octanol–water partition coefficient (Wildman–Crippen LogP) is 3.49. The average Bonchev–Trinajstić information content (AvgIpc) is 2.89. The summed E-state index contributed by atoms with van der Waals surface area (Å²) in [5.74, 6) is 0.882. The van der Waals surface area contributed by atoms with Crippen LogP contribution in [0.4, 0.5) is 0 Å². The van der Waals surface area contributed by atoms with Crippen LogP contribution in [-0.4, -0.2) is 17.8 Å². The van der Waals surface area contributed by atoms with E-state index in [4.69, 9.17) is 4.42 Å². The first-order chi connectivity index (χ1) is 9.16. The SMILES string of the molecule is C[C@H](O)CCN[C@@H](c1ccc(Br)cc1)c1ccco1. The van der Waals surface area contributed by atoms with Gasteiger partial charge in [-0.25, -0.2) is 0 Å². The molecule has 2 N–H and O–H groups in total. The highest BCUT2D eigenvalue weighted by Crippen LogP contribution is 2.24. The molecule has 0 saturated heterocycles. The smallest absolute Gasteiger partial charge is 0.125 e. The maximum Gasteiger partial charge on any atom is 0.125 e. The Labute approximate surface area is 121 Å². The molecule has 0 radical (unpaired) electrons. The second-order valence-corrected chi connectivity index (χ2v) is 5.51. The number of aliphatic hydroxyl groups is 1. The van der Waals surface area contributed by atoms with Gasteiger partial charge in [0, 0.05) is 4.47 Å². The molecule has 0 fully saturated rings. The lowest BCUT2D eigenvalue weighted by Gasteiger charge is -2.18. The van der Waals surface area contributed by atoms with Crippen LogP contribution in [0, 0.1) is 0 Å². The number of furan rings is 1. The zero-order valence-corrected chi connectivity index (χ0v) is 12.4. The quantitative estimate of drug-likeness (QED) is 0.855. The van der Waals surface area contributed by atoms with Gasteiger partial charge >= 0.3 is 0 Å². The summed E-state index contributed by atoms with van der Waals surface area (Å²) in [5, 5.41) is 12.8. The summed E-state index contributed by atoms with van der Waals surface area (Å²) in [7, 11) is 0. The topological polar surface area (TPSA) is 45.4 Å². The lowest BCUT2D eigenvalue weighted by molar-refractivity contribution is 0.182. The Morgan fingerprint density at radius 2 is 2.00 bits per heavy atom. The van der Waals surface area contributed by atoms with E-state index < -0.39 is 0 Å². The van der Waals surface area contributed by atoms with E-state index in [1.807, 2.05) is 24.3 Å². The third-order valence-corrected chi connectivity index (χ3v) is 3.47. The summed E-state index contributed by atoms with van der Waals surface area (Å²) in [6.45, 7) is 2.53. The van der Waals surface area contributed by atoms with Gasteiger partial charge in [-0.15, -0.1) is 0 Å². The number of nitrogens with one attached hydrogen (secondary N) is 1. The Morgan fingerprint density at radius 3 is 2.58 bits per heavy atom. The van der Waals surface area contributed by atoms with Crippen molar-refractivity contribution in [2.45, 2.75) is 25.5 Å². The van der Waals surface area contributed by atoms with Crippen LogP contribution in [0.5, 0.6) is 0 Å². The summed E-state index contributed by atoms with van der Waals surface area (Å²) in [6, 6.07) is 12.0. The van der Waals surface area contributed by atoms with E-state index in [1.165, 1.54) is 0 Å². The van der Waals surface area contributed by atoms with Gasteiger partial charge in [0.05, 0.1) is 18.4 Å². The van der Waals surface area contributed by atoms with Gasteiger partial charge in [-0.05, 0) is 49.7 Å². The van der Waals surface area contributed by atoms with Gasteiger partial charge in [0.25, 0.3) is 0 Å². The van der Waals surface area contributed by atoms with Crippen molar-refractivity contribution in [3.63, 3.8) is 0 Å². The van der Waals surface area contributed by atoms with Crippen molar-refractivity contribution in [2.75, 3.05) is 6.54 Å². The zero-order valence-electron chi connectivity index (χ0n) is 10.8. The summed E-state index contributed by atoms with van der Waals surface area (Å²) in [4.78, 5) is 0. The highest BCUT2D eigenvalue weighted by Gasteiger charge is 2.16. The first kappa shape index (κ1) is 14.3. The summed E-state index contributed by atoms with van der Waals surface area (Å²) in [5.41, 5.74) is 1.14. The molecular weight excluding hydrogens is 306 g/mol. The minimum absolute atomic E-state index is 0.0156. The van der Waals surface area contributed by atoms with Gasteiger partial charge in [-0.3, -0.25) is 0 Å². The Morgan fingerprint density at radius 1 is 1.26 bits per heavy atom. The molecule has 4 heteroatoms. The Bertz CT molecular complexity index is 479. The Hall–Kier alpha value is -1.10. The molecule has 2 aromatic rings. The van der Waals surface area contributed by atoms with E-state index in [2.05, 4.69) is 33.4 Å². The maximum atomic E-state index is 9.33. The summed E-state index contributed by atoms with van der Waals surface area (Å²) in [6.07, 6.45) is 2.10. The minimum atomic E-state index is -0.297. The lowest BCUT2D eigenvalue weighted by Crippen LogP contribution is -2.25. The van der Waals surface area contributed by atoms with Crippen molar-refractivity contribution in [1.82, 2.24) is 5.32 Å². The number of rotatable bonds is 6. The Kier molecular flexibility index (Phi) is 5.19. The van der Waals surface area contributed by atoms with Crippen LogP contribution in [0.1, 0.15) is 30.7 Å². The van der Waals surface area contributed by atoms with Crippen LogP contribution in [0.15, 0.2) is 51.6 Å². The highest BCUT2D eigenvalue weighted by atomic mass is 79.9. The highest BCUT2D eigenvalue weighted by molar-refractivity contribution is 9.10. The van der Waals surface area contributed by atoms with Crippen LogP contribution < -0.4 is 5.32 Å². The normalized spacial score (nSPS) is 14.3. The van der Waals surface area contributed by atoms with Gasteiger partial charge in [-0.1, -0.05) is 28.1 Å². The minimum Gasteiger partial charge on any atom is -0.467 e. The van der Waals surface area contributed by atoms with E-state index in [-0.39, 0.29) is 12.1 Å². The number of hydrogen-bond acceptors (Lipinski definition) is 3. The van der Waals surface area contributed by atoms with Gasteiger partial charge in [0.1, 0.15) is 5.76 Å². The second-order valence-electron chi connectivity index (χ2n) is 4.59. The largest absolute Gasteiger partial charge is 0.467 e. The summed E-state index contributed by atoms with van der Waals surface area (Å²) >= 11 is 3.44. The molecule has 0 saturated carbocycles. The Balaban J connectivity index is 2.12. The molecule has 0 bridgehead atoms. The molecule has 1 aromatic carbocycles. The average molecular weight is 324 g/mol. The van der Waals surface area contributed by atoms with Crippen molar-refractivity contribution in [3.8, 4) is 0 Å². The molecule has 2 atom stereocenters. The van der Waals surface area contributed by atoms with Crippen LogP contribution in [-0.2, 0) is 0 Å². The molecule has 0 aliphatic carbocycles. The standard InChI is InChI=1S/C15H18BrNO2/c1-11(18)8-9-17-15(14-3-2-10-19-14)12-4-6-13(16)7-5-12/h2-7,10-11,15,17-18H,8-9H2,1H3/t11-,15-/m0/s1. The van der Waals surface area contributed by atoms with Crippen molar-refractivity contribution in [2.24, 2.45) is 0 Å². The number of hydrogen-bond donors (Lipinski definition) is 2. The first-order valence-corrected chi connectivity index (χ1v) is 7.16. The van der Waals surface area contributed by atoms with Crippen molar-refractivity contribution < 1.29 is 9.52 Å². The predicted molar refractivity (Wildman–Crippen MR) is 79.0 cm³/mol. The fraction of sp³-hybridized carbons (Fsp3) is 0.333. The van der Waals surface area contributed by atoms with Gasteiger partial charge in [0.2, 0.25) is 0 Å². The molecule has 0 aliphatic rings. The monoisotopic (exact) mass is 323 g/mol. The fourth-order valence-electron chi connectivity index (χ4n) is 1.93. The molecule has 3 nitrogen and oxygen atoms in total. The van der Waals surface area contributed by atoms with Crippen molar-refractivity contribution in [1.29, 1.82) is 0 Å². The summed E-state index contributed by atoms with van der Waals surface area (Å²) < 4.78 is 6.56. The van der Waals surface area contributed by atoms with Crippen LogP contribution in [0.2, 0.25) is 0 Å². The van der Waals surface area contributed by atoms with E-state index in [0.717, 1.165) is 22.3 Å². The van der Waals surface area contributed by atoms with E-state index in [9.17, 15) is 5.11 Å². The van der Waals surface area contributed by atoms with Crippen LogP contribution in [0.3, 0.4) is 0 Å². The lowest BCUT2D eigenvalue weighted by atomic mass is 10.0. The third-order valence-electron chi connectivity index (χ3n) is 2.94. The van der Waals surface area contributed by atoms with Crippen molar-refractivity contribution >= 4 is 15.9 Å². The fourth-order valence-corrected chi connectivity index (χ4v) is 2.19. The van der Waals surface area contributed by atoms with Gasteiger partial charge in [0.15, 0.2) is 0 Å². The maximum absolute atomic E-state index is 9.33. The van der Waals surface area contributed by atoms with E-state index in [1.54, 1.807) is 13.2 Å². The third kappa shape index (κ3) is 4.20.